The Kier molecular flexibility index (Phi) is 6.35. The molecule has 2 aliphatic heterocycles. The Morgan fingerprint density at radius 3 is 2.48 bits per heavy atom. The molecule has 1 amide bonds. The average Bonchev–Trinajstić information content (AvgIpc) is 2.73. The summed E-state index contributed by atoms with van der Waals surface area (Å²) in [5.41, 5.74) is 6.50. The van der Waals surface area contributed by atoms with Crippen molar-refractivity contribution in [2.45, 2.75) is 24.9 Å². The van der Waals surface area contributed by atoms with Gasteiger partial charge in [0.2, 0.25) is 0 Å². The van der Waals surface area contributed by atoms with Crippen molar-refractivity contribution in [3.63, 3.8) is 0 Å². The molecule has 4 rings (SSSR count). The number of anilines is 1. The van der Waals surface area contributed by atoms with Crippen LogP contribution < -0.4 is 15.8 Å². The van der Waals surface area contributed by atoms with Crippen LogP contribution in [0.1, 0.15) is 40.0 Å². The molecule has 1 fully saturated rings. The van der Waals surface area contributed by atoms with Gasteiger partial charge in [0.25, 0.3) is 5.91 Å². The molecule has 0 aromatic heterocycles. The smallest absolute Gasteiger partial charge is 0.254 e. The van der Waals surface area contributed by atoms with E-state index in [0.717, 1.165) is 13.1 Å². The Balaban J connectivity index is 1.33. The molecule has 1 spiro atoms. The van der Waals surface area contributed by atoms with Crippen LogP contribution in [0.5, 0.6) is 5.75 Å². The minimum atomic E-state index is -0.563. The van der Waals surface area contributed by atoms with Gasteiger partial charge in [0.1, 0.15) is 10.6 Å². The number of piperidine rings is 1. The van der Waals surface area contributed by atoms with E-state index >= 15 is 0 Å². The van der Waals surface area contributed by atoms with E-state index in [1.807, 2.05) is 0 Å². The molecule has 31 heavy (non-hydrogen) atoms. The number of nitrogen functional groups attached to an aromatic ring is 1. The number of Topliss-reactive ketones (excluding diaryl/α,β-unsaturated/α-hetero) is 1. The molecule has 0 atom stereocenters. The molecule has 1 saturated heterocycles. The van der Waals surface area contributed by atoms with Crippen molar-refractivity contribution in [3.8, 4) is 5.75 Å². The number of halogens is 3. The van der Waals surface area contributed by atoms with Crippen molar-refractivity contribution >= 4 is 52.2 Å². The van der Waals surface area contributed by atoms with Gasteiger partial charge in [-0.05, 0) is 24.3 Å². The second-order valence-electron chi connectivity index (χ2n) is 7.92. The molecule has 9 heteroatoms. The third-order valence-electron chi connectivity index (χ3n) is 5.90. The fraction of sp³-hybridized carbons (Fsp3) is 0.364. The predicted molar refractivity (Wildman–Crippen MR) is 123 cm³/mol. The fourth-order valence-electron chi connectivity index (χ4n) is 4.12. The molecule has 0 bridgehead atoms. The molecular weight excluding hydrogens is 461 g/mol. The highest BCUT2D eigenvalue weighted by Crippen LogP contribution is 2.44. The van der Waals surface area contributed by atoms with Crippen molar-refractivity contribution < 1.29 is 14.3 Å². The number of benzene rings is 2. The van der Waals surface area contributed by atoms with E-state index in [-0.39, 0.29) is 17.3 Å². The van der Waals surface area contributed by atoms with E-state index in [0.29, 0.717) is 64.4 Å². The molecule has 2 aromatic rings. The van der Waals surface area contributed by atoms with Crippen LogP contribution in [0.25, 0.3) is 0 Å². The number of ether oxygens (including phenoxy) is 1. The number of fused-ring (bicyclic) bond motifs is 1. The lowest BCUT2D eigenvalue weighted by molar-refractivity contribution is -0.00853. The van der Waals surface area contributed by atoms with Crippen LogP contribution >= 0.6 is 34.8 Å². The van der Waals surface area contributed by atoms with E-state index in [9.17, 15) is 9.59 Å². The average molecular weight is 483 g/mol. The van der Waals surface area contributed by atoms with Crippen LogP contribution in [0, 0.1) is 0 Å². The Morgan fingerprint density at radius 2 is 1.81 bits per heavy atom. The number of ketones is 1. The van der Waals surface area contributed by atoms with Crippen molar-refractivity contribution in [3.05, 3.63) is 56.5 Å². The molecule has 164 valence electrons. The van der Waals surface area contributed by atoms with E-state index in [4.69, 9.17) is 45.3 Å². The first-order valence-corrected chi connectivity index (χ1v) is 11.2. The first-order chi connectivity index (χ1) is 14.8. The monoisotopic (exact) mass is 481 g/mol. The zero-order valence-corrected chi connectivity index (χ0v) is 19.0. The number of nitrogens with one attached hydrogen (secondary N) is 1. The number of amides is 1. The third-order valence-corrected chi connectivity index (χ3v) is 6.92. The summed E-state index contributed by atoms with van der Waals surface area (Å²) in [6.45, 7) is 2.61. The zero-order chi connectivity index (χ0) is 22.2. The van der Waals surface area contributed by atoms with Crippen LogP contribution in [0.4, 0.5) is 5.69 Å². The normalized spacial score (nSPS) is 17.8. The van der Waals surface area contributed by atoms with Gasteiger partial charge in [-0.2, -0.15) is 0 Å². The second-order valence-corrected chi connectivity index (χ2v) is 9.12. The fourth-order valence-corrected chi connectivity index (χ4v) is 4.90. The minimum Gasteiger partial charge on any atom is -0.484 e. The molecular formula is C22H22Cl3N3O3. The summed E-state index contributed by atoms with van der Waals surface area (Å²) in [7, 11) is 0. The standard InChI is InChI=1S/C22H22Cl3N3O3/c23-14-2-1-3-15(24)18(14)21(30)27-8-11-28-9-6-22(7-10-28)12-17(29)13-4-5-16(26)19(25)20(13)31-22/h1-5H,6-12,26H2,(H,27,30). The van der Waals surface area contributed by atoms with E-state index in [1.165, 1.54) is 0 Å². The number of hydrogen-bond donors (Lipinski definition) is 2. The number of hydrogen-bond acceptors (Lipinski definition) is 5. The Bertz CT molecular complexity index is 1020. The topological polar surface area (TPSA) is 84.7 Å². The zero-order valence-electron chi connectivity index (χ0n) is 16.7. The number of carbonyl (C=O) groups is 2. The van der Waals surface area contributed by atoms with Gasteiger partial charge in [0, 0.05) is 39.0 Å². The number of likely N-dealkylation sites (tertiary alicyclic amines) is 1. The van der Waals surface area contributed by atoms with Gasteiger partial charge in [0.15, 0.2) is 11.5 Å². The lowest BCUT2D eigenvalue weighted by Gasteiger charge is -2.44. The van der Waals surface area contributed by atoms with Crippen LogP contribution in [-0.2, 0) is 0 Å². The molecule has 0 unspecified atom stereocenters. The Labute approximate surface area is 195 Å². The summed E-state index contributed by atoms with van der Waals surface area (Å²) < 4.78 is 6.26. The highest BCUT2D eigenvalue weighted by Gasteiger charge is 2.43. The second kappa shape index (κ2) is 8.87. The van der Waals surface area contributed by atoms with Gasteiger partial charge in [-0.3, -0.25) is 9.59 Å². The lowest BCUT2D eigenvalue weighted by Crippen LogP contribution is -2.52. The van der Waals surface area contributed by atoms with Gasteiger partial charge in [-0.1, -0.05) is 40.9 Å². The maximum absolute atomic E-state index is 12.7. The molecule has 0 aliphatic carbocycles. The maximum atomic E-state index is 12.7. The number of nitrogens with zero attached hydrogens (tertiary/aromatic N) is 1. The first kappa shape index (κ1) is 22.2. The van der Waals surface area contributed by atoms with E-state index < -0.39 is 5.60 Å². The van der Waals surface area contributed by atoms with Gasteiger partial charge in [0.05, 0.1) is 33.3 Å². The first-order valence-electron chi connectivity index (χ1n) is 10.0. The molecule has 2 heterocycles. The highest BCUT2D eigenvalue weighted by atomic mass is 35.5. The van der Waals surface area contributed by atoms with Gasteiger partial charge in [-0.25, -0.2) is 0 Å². The minimum absolute atomic E-state index is 0.0282. The highest BCUT2D eigenvalue weighted by molar-refractivity contribution is 6.39. The molecule has 6 nitrogen and oxygen atoms in total. The largest absolute Gasteiger partial charge is 0.484 e. The van der Waals surface area contributed by atoms with Crippen molar-refractivity contribution in [1.82, 2.24) is 10.2 Å². The Hall–Kier alpha value is -1.99. The van der Waals surface area contributed by atoms with Gasteiger partial charge < -0.3 is 20.7 Å². The number of carbonyl (C=O) groups excluding carboxylic acids is 2. The lowest BCUT2D eigenvalue weighted by atomic mass is 9.82. The van der Waals surface area contributed by atoms with Crippen LogP contribution in [0.15, 0.2) is 30.3 Å². The molecule has 2 aliphatic rings. The molecule has 0 saturated carbocycles. The summed E-state index contributed by atoms with van der Waals surface area (Å²) in [6, 6.07) is 8.27. The van der Waals surface area contributed by atoms with Crippen molar-refractivity contribution in [1.29, 1.82) is 0 Å². The number of nitrogens with two attached hydrogens (primary N) is 1. The maximum Gasteiger partial charge on any atom is 0.254 e. The third kappa shape index (κ3) is 4.48. The van der Waals surface area contributed by atoms with Crippen LogP contribution in [0.3, 0.4) is 0 Å². The van der Waals surface area contributed by atoms with Crippen molar-refractivity contribution in [2.24, 2.45) is 0 Å². The summed E-state index contributed by atoms with van der Waals surface area (Å²) in [6.07, 6.45) is 1.71. The summed E-state index contributed by atoms with van der Waals surface area (Å²) in [5, 5.41) is 3.81. The van der Waals surface area contributed by atoms with E-state index in [1.54, 1.807) is 30.3 Å². The van der Waals surface area contributed by atoms with Crippen LogP contribution in [-0.4, -0.2) is 48.4 Å². The van der Waals surface area contributed by atoms with Crippen LogP contribution in [0.2, 0.25) is 15.1 Å². The quantitative estimate of drug-likeness (QED) is 0.629. The van der Waals surface area contributed by atoms with Crippen molar-refractivity contribution in [2.75, 3.05) is 31.9 Å². The Morgan fingerprint density at radius 1 is 1.13 bits per heavy atom. The summed E-state index contributed by atoms with van der Waals surface area (Å²) in [5.74, 6) is 0.129. The van der Waals surface area contributed by atoms with E-state index in [2.05, 4.69) is 10.2 Å². The SMILES string of the molecule is Nc1ccc2c(c1Cl)OC1(CCN(CCNC(=O)c3c(Cl)cccc3Cl)CC1)CC2=O. The van der Waals surface area contributed by atoms with Gasteiger partial charge in [-0.15, -0.1) is 0 Å². The summed E-state index contributed by atoms with van der Waals surface area (Å²) in [4.78, 5) is 27.3. The predicted octanol–water partition coefficient (Wildman–Crippen LogP) is 4.46. The molecule has 0 radical (unpaired) electrons. The molecule has 3 N–H and O–H groups in total. The number of rotatable bonds is 4. The summed E-state index contributed by atoms with van der Waals surface area (Å²) >= 11 is 18.5. The van der Waals surface area contributed by atoms with Gasteiger partial charge >= 0.3 is 0 Å². The molecule has 2 aromatic carbocycles.